The summed E-state index contributed by atoms with van der Waals surface area (Å²) < 4.78 is 5.41. The van der Waals surface area contributed by atoms with Gasteiger partial charge in [-0.3, -0.25) is 4.79 Å². The van der Waals surface area contributed by atoms with Gasteiger partial charge in [-0.15, -0.1) is 0 Å². The minimum Gasteiger partial charge on any atom is -0.478 e. The molecule has 0 aromatic heterocycles. The highest BCUT2D eigenvalue weighted by atomic mass is 16.5. The van der Waals surface area contributed by atoms with Gasteiger partial charge in [0.15, 0.2) is 0 Å². The lowest BCUT2D eigenvalue weighted by Crippen LogP contribution is -2.25. The predicted molar refractivity (Wildman–Crippen MR) is 130 cm³/mol. The minimum absolute atomic E-state index is 0.174. The van der Waals surface area contributed by atoms with Crippen LogP contribution >= 0.6 is 0 Å². The van der Waals surface area contributed by atoms with Crippen molar-refractivity contribution in [3.05, 3.63) is 113 Å². The Morgan fingerprint density at radius 1 is 0.848 bits per heavy atom. The number of benzene rings is 4. The third-order valence-electron chi connectivity index (χ3n) is 5.75. The Morgan fingerprint density at radius 3 is 2.30 bits per heavy atom. The molecule has 2 N–H and O–H groups in total. The zero-order valence-corrected chi connectivity index (χ0v) is 18.3. The molecule has 33 heavy (non-hydrogen) atoms. The average Bonchev–Trinajstić information content (AvgIpc) is 2.83. The molecule has 0 bridgehead atoms. The van der Waals surface area contributed by atoms with Gasteiger partial charge in [-0.1, -0.05) is 78.9 Å². The predicted octanol–water partition coefficient (Wildman–Crippen LogP) is 5.50. The molecule has 0 saturated carbocycles. The third kappa shape index (κ3) is 4.94. The number of carboxylic acid groups (broad SMARTS) is 1. The van der Waals surface area contributed by atoms with E-state index in [0.717, 1.165) is 21.9 Å². The first kappa shape index (κ1) is 22.2. The van der Waals surface area contributed by atoms with Crippen LogP contribution in [0, 0.1) is 0 Å². The summed E-state index contributed by atoms with van der Waals surface area (Å²) in [5, 5.41) is 14.7. The van der Waals surface area contributed by atoms with Gasteiger partial charge < -0.3 is 15.2 Å². The van der Waals surface area contributed by atoms with Crippen LogP contribution in [-0.4, -0.2) is 30.7 Å². The number of carbonyl (C=O) groups excluding carboxylic acids is 1. The molecule has 0 saturated heterocycles. The molecule has 166 valence electrons. The maximum Gasteiger partial charge on any atom is 0.335 e. The first-order chi connectivity index (χ1) is 16.1. The molecular weight excluding hydrogens is 414 g/mol. The van der Waals surface area contributed by atoms with Crippen molar-refractivity contribution in [1.82, 2.24) is 0 Å². The smallest absolute Gasteiger partial charge is 0.335 e. The summed E-state index contributed by atoms with van der Waals surface area (Å²) in [5.74, 6) is -1.64. The second-order valence-corrected chi connectivity index (χ2v) is 7.86. The number of hydrogen-bond acceptors (Lipinski definition) is 3. The lowest BCUT2D eigenvalue weighted by molar-refractivity contribution is -0.118. The Hall–Kier alpha value is -3.96. The number of anilines is 1. The molecule has 0 aliphatic rings. The van der Waals surface area contributed by atoms with Crippen LogP contribution in [0.2, 0.25) is 0 Å². The van der Waals surface area contributed by atoms with Crippen molar-refractivity contribution in [3.63, 3.8) is 0 Å². The Morgan fingerprint density at radius 2 is 1.52 bits per heavy atom. The first-order valence-corrected chi connectivity index (χ1v) is 10.7. The molecule has 1 amide bonds. The van der Waals surface area contributed by atoms with Crippen LogP contribution in [0.4, 0.5) is 5.69 Å². The van der Waals surface area contributed by atoms with Gasteiger partial charge in [0.1, 0.15) is 0 Å². The molecule has 0 heterocycles. The summed E-state index contributed by atoms with van der Waals surface area (Å²) in [7, 11) is 1.59. The standard InChI is InChI=1S/C28H25NO4/c1-33-18-25(24-15-8-12-19-9-2-5-13-22(19)24)27(30)29-26-16-7-4-11-21(26)17-20-10-3-6-14-23(20)28(31)32/h2-16,25H,17-18H2,1H3,(H,29,30)(H,31,32). The highest BCUT2D eigenvalue weighted by molar-refractivity contribution is 6.00. The molecule has 5 nitrogen and oxygen atoms in total. The Bertz CT molecular complexity index is 1290. The van der Waals surface area contributed by atoms with E-state index in [9.17, 15) is 14.7 Å². The average molecular weight is 440 g/mol. The SMILES string of the molecule is COCC(C(=O)Nc1ccccc1Cc1ccccc1C(=O)O)c1cccc2ccccc12. The fraction of sp³-hybridized carbons (Fsp3) is 0.143. The highest BCUT2D eigenvalue weighted by Gasteiger charge is 2.23. The third-order valence-corrected chi connectivity index (χ3v) is 5.75. The second kappa shape index (κ2) is 10.1. The second-order valence-electron chi connectivity index (χ2n) is 7.86. The van der Waals surface area contributed by atoms with Crippen LogP contribution in [0.1, 0.15) is 33.0 Å². The van der Waals surface area contributed by atoms with Gasteiger partial charge in [-0.25, -0.2) is 4.79 Å². The summed E-state index contributed by atoms with van der Waals surface area (Å²) in [6, 6.07) is 28.3. The van der Waals surface area contributed by atoms with Gasteiger partial charge in [-0.05, 0) is 39.6 Å². The number of amides is 1. The highest BCUT2D eigenvalue weighted by Crippen LogP contribution is 2.28. The Labute approximate surface area is 192 Å². The molecule has 1 atom stereocenters. The van der Waals surface area contributed by atoms with Gasteiger partial charge in [0.05, 0.1) is 18.1 Å². The van der Waals surface area contributed by atoms with Crippen molar-refractivity contribution in [2.75, 3.05) is 19.0 Å². The molecule has 0 aliphatic heterocycles. The van der Waals surface area contributed by atoms with Crippen molar-refractivity contribution in [3.8, 4) is 0 Å². The molecular formula is C28H25NO4. The monoisotopic (exact) mass is 439 g/mol. The largest absolute Gasteiger partial charge is 0.478 e. The number of ether oxygens (including phenoxy) is 1. The number of nitrogens with one attached hydrogen (secondary N) is 1. The number of para-hydroxylation sites is 1. The summed E-state index contributed by atoms with van der Waals surface area (Å²) in [5.41, 5.74) is 3.35. The van der Waals surface area contributed by atoms with Gasteiger partial charge >= 0.3 is 5.97 Å². The fourth-order valence-electron chi connectivity index (χ4n) is 4.13. The number of fused-ring (bicyclic) bond motifs is 1. The zero-order chi connectivity index (χ0) is 23.2. The van der Waals surface area contributed by atoms with E-state index in [1.54, 1.807) is 25.3 Å². The molecule has 0 aliphatic carbocycles. The lowest BCUT2D eigenvalue weighted by Gasteiger charge is -2.20. The molecule has 4 aromatic rings. The van der Waals surface area contributed by atoms with Gasteiger partial charge in [0, 0.05) is 19.2 Å². The van der Waals surface area contributed by atoms with E-state index in [0.29, 0.717) is 17.7 Å². The van der Waals surface area contributed by atoms with Gasteiger partial charge in [-0.2, -0.15) is 0 Å². The van der Waals surface area contributed by atoms with E-state index in [-0.39, 0.29) is 18.1 Å². The van der Waals surface area contributed by atoms with Crippen LogP contribution in [0.3, 0.4) is 0 Å². The fourth-order valence-corrected chi connectivity index (χ4v) is 4.13. The number of hydrogen-bond donors (Lipinski definition) is 2. The summed E-state index contributed by atoms with van der Waals surface area (Å²) >= 11 is 0. The van der Waals surface area contributed by atoms with Crippen LogP contribution in [0.15, 0.2) is 91.0 Å². The maximum absolute atomic E-state index is 13.4. The van der Waals surface area contributed by atoms with Crippen molar-refractivity contribution < 1.29 is 19.4 Å². The summed E-state index contributed by atoms with van der Waals surface area (Å²) in [4.78, 5) is 25.1. The van der Waals surface area contributed by atoms with Crippen molar-refractivity contribution in [2.45, 2.75) is 12.3 Å². The first-order valence-electron chi connectivity index (χ1n) is 10.7. The number of methoxy groups -OCH3 is 1. The van der Waals surface area contributed by atoms with Crippen molar-refractivity contribution in [2.24, 2.45) is 0 Å². The number of rotatable bonds is 8. The van der Waals surface area contributed by atoms with Gasteiger partial charge in [0.25, 0.3) is 0 Å². The number of aromatic carboxylic acids is 1. The van der Waals surface area contributed by atoms with E-state index < -0.39 is 11.9 Å². The molecule has 4 aromatic carbocycles. The van der Waals surface area contributed by atoms with Crippen molar-refractivity contribution >= 4 is 28.3 Å². The maximum atomic E-state index is 13.4. The topological polar surface area (TPSA) is 75.6 Å². The summed E-state index contributed by atoms with van der Waals surface area (Å²) in [6.45, 7) is 0.240. The minimum atomic E-state index is -0.969. The van der Waals surface area contributed by atoms with E-state index in [1.807, 2.05) is 72.8 Å². The molecule has 1 unspecified atom stereocenters. The lowest BCUT2D eigenvalue weighted by atomic mass is 9.92. The van der Waals surface area contributed by atoms with E-state index >= 15 is 0 Å². The molecule has 5 heteroatoms. The molecule has 0 spiro atoms. The number of carboxylic acids is 1. The van der Waals surface area contributed by atoms with Crippen LogP contribution in [0.5, 0.6) is 0 Å². The number of carbonyl (C=O) groups is 2. The molecule has 4 rings (SSSR count). The molecule has 0 radical (unpaired) electrons. The summed E-state index contributed by atoms with van der Waals surface area (Å²) in [6.07, 6.45) is 0.391. The van der Waals surface area contributed by atoms with E-state index in [2.05, 4.69) is 5.32 Å². The normalized spacial score (nSPS) is 11.8. The Kier molecular flexibility index (Phi) is 6.81. The van der Waals surface area contributed by atoms with Crippen LogP contribution in [-0.2, 0) is 16.0 Å². The van der Waals surface area contributed by atoms with Gasteiger partial charge in [0.2, 0.25) is 5.91 Å². The Balaban J connectivity index is 1.65. The van der Waals surface area contributed by atoms with Crippen molar-refractivity contribution in [1.29, 1.82) is 0 Å². The van der Waals surface area contributed by atoms with Crippen LogP contribution < -0.4 is 5.32 Å². The molecule has 0 fully saturated rings. The van der Waals surface area contributed by atoms with E-state index in [4.69, 9.17) is 4.74 Å². The quantitative estimate of drug-likeness (QED) is 0.380. The zero-order valence-electron chi connectivity index (χ0n) is 18.3. The van der Waals surface area contributed by atoms with E-state index in [1.165, 1.54) is 0 Å². The van der Waals surface area contributed by atoms with Crippen LogP contribution in [0.25, 0.3) is 10.8 Å².